The summed E-state index contributed by atoms with van der Waals surface area (Å²) in [4.78, 5) is 22.4. The molecule has 0 atom stereocenters. The first-order chi connectivity index (χ1) is 9.88. The van der Waals surface area contributed by atoms with Crippen molar-refractivity contribution in [2.24, 2.45) is 0 Å². The largest absolute Gasteiger partial charge is 0.351 e. The van der Waals surface area contributed by atoms with Gasteiger partial charge >= 0.3 is 0 Å². The molecule has 1 aromatic carbocycles. The average Bonchev–Trinajstić information content (AvgIpc) is 2.40. The van der Waals surface area contributed by atoms with E-state index in [-0.39, 0.29) is 32.0 Å². The SMILES string of the molecule is CSC1(CNC(=O)c2cc(Cl)c(Cl)c([N+](=O)[O-])c2)CCC1. The highest BCUT2D eigenvalue weighted by Crippen LogP contribution is 2.42. The second kappa shape index (κ2) is 6.42. The number of halogens is 2. The lowest BCUT2D eigenvalue weighted by molar-refractivity contribution is -0.384. The summed E-state index contributed by atoms with van der Waals surface area (Å²) in [6, 6.07) is 2.49. The molecule has 0 spiro atoms. The van der Waals surface area contributed by atoms with Gasteiger partial charge in [-0.2, -0.15) is 11.8 Å². The van der Waals surface area contributed by atoms with Gasteiger partial charge in [-0.05, 0) is 25.2 Å². The van der Waals surface area contributed by atoms with Gasteiger partial charge in [-0.25, -0.2) is 0 Å². The molecular weight excluding hydrogens is 335 g/mol. The van der Waals surface area contributed by atoms with E-state index < -0.39 is 4.92 Å². The molecule has 0 radical (unpaired) electrons. The van der Waals surface area contributed by atoms with Crippen molar-refractivity contribution in [1.29, 1.82) is 0 Å². The van der Waals surface area contributed by atoms with Gasteiger partial charge in [0.05, 0.1) is 9.95 Å². The first kappa shape index (κ1) is 16.4. The number of amides is 1. The van der Waals surface area contributed by atoms with Crippen LogP contribution in [0.4, 0.5) is 5.69 Å². The zero-order chi connectivity index (χ0) is 15.6. The molecule has 1 amide bonds. The maximum Gasteiger partial charge on any atom is 0.290 e. The van der Waals surface area contributed by atoms with Crippen molar-refractivity contribution >= 4 is 46.6 Å². The predicted octanol–water partition coefficient (Wildman–Crippen LogP) is 3.92. The van der Waals surface area contributed by atoms with Crippen LogP contribution in [0, 0.1) is 10.1 Å². The molecule has 0 aliphatic heterocycles. The molecule has 1 saturated carbocycles. The first-order valence-electron chi connectivity index (χ1n) is 6.35. The van der Waals surface area contributed by atoms with E-state index in [1.54, 1.807) is 11.8 Å². The van der Waals surface area contributed by atoms with Crippen LogP contribution in [0.1, 0.15) is 29.6 Å². The molecule has 0 heterocycles. The van der Waals surface area contributed by atoms with E-state index in [0.29, 0.717) is 6.54 Å². The fourth-order valence-corrected chi connectivity index (χ4v) is 3.51. The van der Waals surface area contributed by atoms with Crippen LogP contribution in [0.25, 0.3) is 0 Å². The van der Waals surface area contributed by atoms with Gasteiger partial charge in [0.15, 0.2) is 0 Å². The van der Waals surface area contributed by atoms with Crippen LogP contribution in [-0.4, -0.2) is 28.4 Å². The Bertz CT molecular complexity index is 586. The Morgan fingerprint density at radius 3 is 2.62 bits per heavy atom. The van der Waals surface area contributed by atoms with E-state index in [9.17, 15) is 14.9 Å². The smallest absolute Gasteiger partial charge is 0.290 e. The minimum Gasteiger partial charge on any atom is -0.351 e. The lowest BCUT2D eigenvalue weighted by atomic mass is 9.84. The summed E-state index contributed by atoms with van der Waals surface area (Å²) in [5.41, 5.74) is -0.218. The van der Waals surface area contributed by atoms with Gasteiger partial charge < -0.3 is 5.32 Å². The number of rotatable bonds is 5. The maximum atomic E-state index is 12.1. The van der Waals surface area contributed by atoms with Crippen molar-refractivity contribution in [3.8, 4) is 0 Å². The van der Waals surface area contributed by atoms with Crippen molar-refractivity contribution in [3.05, 3.63) is 37.9 Å². The lowest BCUT2D eigenvalue weighted by Gasteiger charge is -2.40. The first-order valence-corrected chi connectivity index (χ1v) is 8.33. The number of nitro groups is 1. The fourth-order valence-electron chi connectivity index (χ4n) is 2.21. The second-order valence-corrected chi connectivity index (χ2v) is 7.03. The number of hydrogen-bond donors (Lipinski definition) is 1. The number of benzene rings is 1. The van der Waals surface area contributed by atoms with E-state index in [1.165, 1.54) is 6.07 Å². The number of hydrogen-bond acceptors (Lipinski definition) is 4. The van der Waals surface area contributed by atoms with E-state index in [1.807, 2.05) is 6.26 Å². The minimum absolute atomic E-state index is 0.000703. The van der Waals surface area contributed by atoms with Gasteiger partial charge in [-0.3, -0.25) is 14.9 Å². The molecule has 0 saturated heterocycles. The van der Waals surface area contributed by atoms with Crippen LogP contribution in [0.2, 0.25) is 10.0 Å². The quantitative estimate of drug-likeness (QED) is 0.646. The zero-order valence-electron chi connectivity index (χ0n) is 11.3. The van der Waals surface area contributed by atoms with Crippen LogP contribution in [0.15, 0.2) is 12.1 Å². The van der Waals surface area contributed by atoms with Gasteiger partial charge in [0.1, 0.15) is 5.02 Å². The second-order valence-electron chi connectivity index (χ2n) is 4.97. The Labute approximate surface area is 136 Å². The third kappa shape index (κ3) is 3.44. The zero-order valence-corrected chi connectivity index (χ0v) is 13.6. The summed E-state index contributed by atoms with van der Waals surface area (Å²) in [6.07, 6.45) is 5.32. The number of carbonyl (C=O) groups is 1. The number of carbonyl (C=O) groups excluding carboxylic acids is 1. The number of thioether (sulfide) groups is 1. The highest BCUT2D eigenvalue weighted by atomic mass is 35.5. The highest BCUT2D eigenvalue weighted by molar-refractivity contribution is 8.00. The molecular formula is C13H14Cl2N2O3S. The molecule has 1 N–H and O–H groups in total. The van der Waals surface area contributed by atoms with E-state index in [0.717, 1.165) is 25.3 Å². The third-order valence-corrected chi connectivity index (χ3v) is 5.95. The monoisotopic (exact) mass is 348 g/mol. The van der Waals surface area contributed by atoms with Crippen molar-refractivity contribution in [1.82, 2.24) is 5.32 Å². The Morgan fingerprint density at radius 1 is 1.48 bits per heavy atom. The van der Waals surface area contributed by atoms with Crippen LogP contribution >= 0.6 is 35.0 Å². The number of nitrogens with zero attached hydrogens (tertiary/aromatic N) is 1. The Balaban J connectivity index is 2.14. The summed E-state index contributed by atoms with van der Waals surface area (Å²) in [6.45, 7) is 0.543. The van der Waals surface area contributed by atoms with Crippen LogP contribution < -0.4 is 5.32 Å². The highest BCUT2D eigenvalue weighted by Gasteiger charge is 2.36. The molecule has 0 aromatic heterocycles. The summed E-state index contributed by atoms with van der Waals surface area (Å²) in [5, 5.41) is 13.6. The lowest BCUT2D eigenvalue weighted by Crippen LogP contribution is -2.45. The summed E-state index contributed by atoms with van der Waals surface area (Å²) in [5.74, 6) is -0.378. The molecule has 1 fully saturated rings. The summed E-state index contributed by atoms with van der Waals surface area (Å²) < 4.78 is 0.0951. The number of nitrogens with one attached hydrogen (secondary N) is 1. The Hall–Kier alpha value is -0.980. The summed E-state index contributed by atoms with van der Waals surface area (Å²) >= 11 is 13.3. The number of nitro benzene ring substituents is 1. The van der Waals surface area contributed by atoms with E-state index in [2.05, 4.69) is 5.32 Å². The van der Waals surface area contributed by atoms with Gasteiger partial charge in [-0.1, -0.05) is 29.6 Å². The molecule has 5 nitrogen and oxygen atoms in total. The van der Waals surface area contributed by atoms with Gasteiger partial charge in [0.2, 0.25) is 0 Å². The van der Waals surface area contributed by atoms with Crippen molar-refractivity contribution in [3.63, 3.8) is 0 Å². The third-order valence-electron chi connectivity index (χ3n) is 3.74. The minimum atomic E-state index is -0.652. The Morgan fingerprint density at radius 2 is 2.14 bits per heavy atom. The van der Waals surface area contributed by atoms with Gasteiger partial charge in [0.25, 0.3) is 11.6 Å². The molecule has 1 aliphatic carbocycles. The average molecular weight is 349 g/mol. The van der Waals surface area contributed by atoms with Crippen LogP contribution in [0.5, 0.6) is 0 Å². The molecule has 8 heteroatoms. The van der Waals surface area contributed by atoms with E-state index in [4.69, 9.17) is 23.2 Å². The van der Waals surface area contributed by atoms with Crippen molar-refractivity contribution in [2.45, 2.75) is 24.0 Å². The normalized spacial score (nSPS) is 16.1. The van der Waals surface area contributed by atoms with Gasteiger partial charge in [-0.15, -0.1) is 0 Å². The van der Waals surface area contributed by atoms with Gasteiger partial charge in [0, 0.05) is 22.9 Å². The molecule has 1 aliphatic rings. The molecule has 0 bridgehead atoms. The maximum absolute atomic E-state index is 12.1. The molecule has 114 valence electrons. The molecule has 21 heavy (non-hydrogen) atoms. The standard InChI is InChI=1S/C13H14Cl2N2O3S/c1-21-13(3-2-4-13)7-16-12(18)8-5-9(14)11(15)10(6-8)17(19)20/h5-6H,2-4,7H2,1H3,(H,16,18). The Kier molecular flexibility index (Phi) is 5.01. The fraction of sp³-hybridized carbons (Fsp3) is 0.462. The summed E-state index contributed by atoms with van der Waals surface area (Å²) in [7, 11) is 0. The molecule has 0 unspecified atom stereocenters. The van der Waals surface area contributed by atoms with Crippen molar-refractivity contribution < 1.29 is 9.72 Å². The topological polar surface area (TPSA) is 72.2 Å². The van der Waals surface area contributed by atoms with Crippen LogP contribution in [0.3, 0.4) is 0 Å². The van der Waals surface area contributed by atoms with Crippen molar-refractivity contribution in [2.75, 3.05) is 12.8 Å². The predicted molar refractivity (Wildman–Crippen MR) is 85.5 cm³/mol. The molecule has 2 rings (SSSR count). The van der Waals surface area contributed by atoms with E-state index >= 15 is 0 Å². The van der Waals surface area contributed by atoms with Crippen LogP contribution in [-0.2, 0) is 0 Å². The molecule has 1 aromatic rings.